The molecule has 5 heteroatoms. The smallest absolute Gasteiger partial charge is 0.334 e. The average Bonchev–Trinajstić information content (AvgIpc) is 2.96. The van der Waals surface area contributed by atoms with Crippen LogP contribution in [0.3, 0.4) is 0 Å². The second kappa shape index (κ2) is 7.24. The first kappa shape index (κ1) is 17.4. The van der Waals surface area contributed by atoms with E-state index in [1.165, 1.54) is 4.90 Å². The van der Waals surface area contributed by atoms with E-state index in [0.29, 0.717) is 16.8 Å². The summed E-state index contributed by atoms with van der Waals surface area (Å²) in [5.41, 5.74) is 2.60. The molecular formula is C21H18N2O3. The summed E-state index contributed by atoms with van der Waals surface area (Å²) in [7, 11) is 0. The van der Waals surface area contributed by atoms with Gasteiger partial charge in [0.1, 0.15) is 11.6 Å². The van der Waals surface area contributed by atoms with Crippen molar-refractivity contribution in [2.24, 2.45) is 0 Å². The van der Waals surface area contributed by atoms with Crippen molar-refractivity contribution in [2.75, 3.05) is 11.5 Å². The Labute approximate surface area is 152 Å². The van der Waals surface area contributed by atoms with Crippen molar-refractivity contribution in [1.29, 1.82) is 5.26 Å². The summed E-state index contributed by atoms with van der Waals surface area (Å²) in [6.45, 7) is 3.84. The number of nitriles is 1. The molecule has 0 aliphatic carbocycles. The number of benzene rings is 2. The van der Waals surface area contributed by atoms with Crippen molar-refractivity contribution < 1.29 is 14.3 Å². The summed E-state index contributed by atoms with van der Waals surface area (Å²) >= 11 is 0. The van der Waals surface area contributed by atoms with Gasteiger partial charge in [0.25, 0.3) is 5.91 Å². The Morgan fingerprint density at radius 3 is 2.38 bits per heavy atom. The van der Waals surface area contributed by atoms with Crippen LogP contribution in [0.5, 0.6) is 0 Å². The zero-order chi connectivity index (χ0) is 18.7. The number of carbonyl (C=O) groups excluding carboxylic acids is 2. The van der Waals surface area contributed by atoms with E-state index in [1.807, 2.05) is 31.2 Å². The molecule has 1 aliphatic heterocycles. The summed E-state index contributed by atoms with van der Waals surface area (Å²) in [5.74, 6) is -1.04. The maximum atomic E-state index is 13.0. The molecule has 0 N–H and O–H groups in total. The summed E-state index contributed by atoms with van der Waals surface area (Å²) in [5, 5.41) is 9.60. The second-order valence-corrected chi connectivity index (χ2v) is 5.93. The number of anilines is 1. The van der Waals surface area contributed by atoms with Crippen LogP contribution in [0.4, 0.5) is 5.69 Å². The predicted molar refractivity (Wildman–Crippen MR) is 98.1 cm³/mol. The summed E-state index contributed by atoms with van der Waals surface area (Å²) in [6, 6.07) is 17.3. The van der Waals surface area contributed by atoms with E-state index in [1.54, 1.807) is 43.3 Å². The van der Waals surface area contributed by atoms with Gasteiger partial charge in [0.05, 0.1) is 6.61 Å². The molecule has 2 aromatic carbocycles. The van der Waals surface area contributed by atoms with Crippen molar-refractivity contribution in [3.8, 4) is 6.07 Å². The van der Waals surface area contributed by atoms with Crippen LogP contribution in [0.1, 0.15) is 18.1 Å². The normalized spacial score (nSPS) is 16.6. The predicted octanol–water partition coefficient (Wildman–Crippen LogP) is 3.25. The fourth-order valence-corrected chi connectivity index (χ4v) is 3.06. The number of amides is 1. The van der Waals surface area contributed by atoms with Gasteiger partial charge in [-0.15, -0.1) is 0 Å². The highest BCUT2D eigenvalue weighted by molar-refractivity contribution is 6.24. The van der Waals surface area contributed by atoms with Crippen LogP contribution in [0.25, 0.3) is 5.57 Å². The van der Waals surface area contributed by atoms with Crippen LogP contribution in [-0.2, 0) is 14.3 Å². The maximum Gasteiger partial charge on any atom is 0.334 e. The minimum atomic E-state index is -0.984. The third-order valence-corrected chi connectivity index (χ3v) is 4.25. The maximum absolute atomic E-state index is 13.0. The van der Waals surface area contributed by atoms with E-state index in [4.69, 9.17) is 4.74 Å². The number of ether oxygens (including phenoxy) is 1. The first-order valence-corrected chi connectivity index (χ1v) is 8.35. The average molecular weight is 346 g/mol. The number of esters is 1. The fourth-order valence-electron chi connectivity index (χ4n) is 3.06. The molecular weight excluding hydrogens is 328 g/mol. The minimum absolute atomic E-state index is 0.0326. The summed E-state index contributed by atoms with van der Waals surface area (Å²) < 4.78 is 5.22. The molecule has 0 bridgehead atoms. The quantitative estimate of drug-likeness (QED) is 0.797. The molecule has 130 valence electrons. The van der Waals surface area contributed by atoms with Gasteiger partial charge in [0, 0.05) is 11.3 Å². The van der Waals surface area contributed by atoms with Crippen molar-refractivity contribution in [1.82, 2.24) is 0 Å². The Bertz CT molecular complexity index is 909. The number of carbonyl (C=O) groups is 2. The number of rotatable bonds is 4. The van der Waals surface area contributed by atoms with Crippen molar-refractivity contribution in [3.63, 3.8) is 0 Å². The monoisotopic (exact) mass is 346 g/mol. The molecule has 1 amide bonds. The van der Waals surface area contributed by atoms with Gasteiger partial charge in [-0.3, -0.25) is 9.69 Å². The third-order valence-electron chi connectivity index (χ3n) is 4.25. The van der Waals surface area contributed by atoms with Gasteiger partial charge in [0.2, 0.25) is 0 Å². The van der Waals surface area contributed by atoms with E-state index in [2.05, 4.69) is 0 Å². The lowest BCUT2D eigenvalue weighted by atomic mass is 9.96. The van der Waals surface area contributed by atoms with Gasteiger partial charge >= 0.3 is 5.97 Å². The number of hydrogen-bond acceptors (Lipinski definition) is 4. The lowest BCUT2D eigenvalue weighted by Crippen LogP contribution is -2.42. The Balaban J connectivity index is 2.18. The molecule has 0 radical (unpaired) electrons. The van der Waals surface area contributed by atoms with Crippen molar-refractivity contribution in [2.45, 2.75) is 19.9 Å². The molecule has 1 heterocycles. The Morgan fingerprint density at radius 2 is 1.81 bits per heavy atom. The molecule has 5 nitrogen and oxygen atoms in total. The fraction of sp³-hybridized carbons (Fsp3) is 0.190. The first-order chi connectivity index (χ1) is 12.6. The van der Waals surface area contributed by atoms with Crippen LogP contribution in [-0.4, -0.2) is 24.5 Å². The molecule has 3 rings (SSSR count). The molecule has 1 aliphatic rings. The van der Waals surface area contributed by atoms with Gasteiger partial charge in [-0.25, -0.2) is 4.79 Å². The molecule has 0 saturated heterocycles. The van der Waals surface area contributed by atoms with E-state index in [0.717, 1.165) is 5.56 Å². The van der Waals surface area contributed by atoms with E-state index >= 15 is 0 Å². The van der Waals surface area contributed by atoms with Crippen LogP contribution < -0.4 is 4.90 Å². The molecule has 0 aromatic heterocycles. The van der Waals surface area contributed by atoms with E-state index < -0.39 is 17.9 Å². The van der Waals surface area contributed by atoms with Crippen LogP contribution in [0.2, 0.25) is 0 Å². The molecule has 26 heavy (non-hydrogen) atoms. The van der Waals surface area contributed by atoms with E-state index in [-0.39, 0.29) is 12.2 Å². The lowest BCUT2D eigenvalue weighted by Gasteiger charge is -2.25. The highest BCUT2D eigenvalue weighted by atomic mass is 16.5. The first-order valence-electron chi connectivity index (χ1n) is 8.35. The van der Waals surface area contributed by atoms with Gasteiger partial charge in [-0.1, -0.05) is 48.0 Å². The largest absolute Gasteiger partial charge is 0.464 e. The SMILES string of the molecule is CCOC(=O)C1C(c2ccccc2)=C(C#N)C(=O)N1c1ccc(C)cc1. The van der Waals surface area contributed by atoms with Gasteiger partial charge in [0.15, 0.2) is 6.04 Å². The van der Waals surface area contributed by atoms with Crippen LogP contribution in [0.15, 0.2) is 60.2 Å². The minimum Gasteiger partial charge on any atom is -0.464 e. The molecule has 0 fully saturated rings. The zero-order valence-electron chi connectivity index (χ0n) is 14.6. The standard InChI is InChI=1S/C21H18N2O3/c1-3-26-21(25)19-18(15-7-5-4-6-8-15)17(13-22)20(24)23(19)16-11-9-14(2)10-12-16/h4-12,19H,3H2,1-2H3. The molecule has 2 aromatic rings. The number of nitrogens with zero attached hydrogens (tertiary/aromatic N) is 2. The Hall–Kier alpha value is -3.39. The Morgan fingerprint density at radius 1 is 1.15 bits per heavy atom. The van der Waals surface area contributed by atoms with Crippen LogP contribution >= 0.6 is 0 Å². The molecule has 0 saturated carbocycles. The van der Waals surface area contributed by atoms with E-state index in [9.17, 15) is 14.9 Å². The highest BCUT2D eigenvalue weighted by Crippen LogP contribution is 2.37. The van der Waals surface area contributed by atoms with Gasteiger partial charge < -0.3 is 4.74 Å². The zero-order valence-corrected chi connectivity index (χ0v) is 14.6. The Kier molecular flexibility index (Phi) is 4.85. The summed E-state index contributed by atoms with van der Waals surface area (Å²) in [6.07, 6.45) is 0. The highest BCUT2D eigenvalue weighted by Gasteiger charge is 2.45. The number of hydrogen-bond donors (Lipinski definition) is 0. The topological polar surface area (TPSA) is 70.4 Å². The second-order valence-electron chi connectivity index (χ2n) is 5.93. The molecule has 1 unspecified atom stereocenters. The van der Waals surface area contributed by atoms with Gasteiger partial charge in [-0.2, -0.15) is 5.26 Å². The molecule has 1 atom stereocenters. The summed E-state index contributed by atoms with van der Waals surface area (Å²) in [4.78, 5) is 27.0. The van der Waals surface area contributed by atoms with Crippen molar-refractivity contribution in [3.05, 3.63) is 71.3 Å². The van der Waals surface area contributed by atoms with Crippen molar-refractivity contribution >= 4 is 23.1 Å². The lowest BCUT2D eigenvalue weighted by molar-refractivity contribution is -0.143. The molecule has 0 spiro atoms. The van der Waals surface area contributed by atoms with Crippen LogP contribution in [0, 0.1) is 18.3 Å². The number of aryl methyl sites for hydroxylation is 1. The van der Waals surface area contributed by atoms with Gasteiger partial charge in [-0.05, 0) is 31.5 Å². The third kappa shape index (κ3) is 2.98.